The molecule has 0 heterocycles. The van der Waals surface area contributed by atoms with E-state index in [9.17, 15) is 0 Å². The minimum absolute atomic E-state index is 0.366. The molecule has 10 heteroatoms. The van der Waals surface area contributed by atoms with Gasteiger partial charge in [0.05, 0.1) is 0 Å². The Morgan fingerprint density at radius 3 is 0.810 bits per heavy atom. The van der Waals surface area contributed by atoms with Gasteiger partial charge >= 0.3 is 14.6 Å². The second kappa shape index (κ2) is 48.6. The van der Waals surface area contributed by atoms with Crippen LogP contribution in [0, 0.1) is 0 Å². The highest BCUT2D eigenvalue weighted by Crippen LogP contribution is 2.39. The summed E-state index contributed by atoms with van der Waals surface area (Å²) in [5.74, 6) is 0. The Hall–Kier alpha value is 0.750. The van der Waals surface area contributed by atoms with Crippen LogP contribution in [0.25, 0.3) is 0 Å². The van der Waals surface area contributed by atoms with Crippen molar-refractivity contribution in [3.63, 3.8) is 0 Å². The third-order valence-electron chi connectivity index (χ3n) is 6.90. The lowest BCUT2D eigenvalue weighted by molar-refractivity contribution is 0.276. The molecule has 0 spiro atoms. The summed E-state index contributed by atoms with van der Waals surface area (Å²) in [7, 11) is -2.72. The van der Waals surface area contributed by atoms with Crippen molar-refractivity contribution < 1.29 is 30.1 Å². The minimum Gasteiger partial charge on any atom is -0.402 e. The molecule has 0 aromatic heterocycles. The van der Waals surface area contributed by atoms with Gasteiger partial charge in [-0.15, -0.1) is 16.5 Å². The van der Waals surface area contributed by atoms with Crippen LogP contribution in [0.2, 0.25) is 0 Å². The third-order valence-corrected chi connectivity index (χ3v) is 11.2. The van der Waals surface area contributed by atoms with E-state index in [2.05, 4.69) is 34.6 Å². The van der Waals surface area contributed by atoms with Crippen molar-refractivity contribution in [1.29, 1.82) is 0 Å². The highest BCUT2D eigenvalue weighted by Gasteiger charge is 2.08. The first kappa shape index (κ1) is 49.6. The zero-order valence-corrected chi connectivity index (χ0v) is 30.8. The molecule has 0 rings (SSSR count). The highest BCUT2D eigenvalue weighted by molar-refractivity contribution is 7.57. The summed E-state index contributed by atoms with van der Waals surface area (Å²) >= 11 is 0. The minimum atomic E-state index is -2.17. The van der Waals surface area contributed by atoms with E-state index in [1.165, 1.54) is 162 Å². The molecule has 0 aliphatic carbocycles. The first-order chi connectivity index (χ1) is 20.2. The molecular weight excluding hydrogens is 564 g/mol. The first-order valence-corrected chi connectivity index (χ1v) is 21.1. The summed E-state index contributed by atoms with van der Waals surface area (Å²) in [5.41, 5.74) is 0. The Kier molecular flexibility index (Phi) is 57.5. The van der Waals surface area contributed by atoms with E-state index in [0.29, 0.717) is 7.92 Å². The van der Waals surface area contributed by atoms with E-state index in [1.807, 2.05) is 0 Å². The van der Waals surface area contributed by atoms with Gasteiger partial charge in [0.25, 0.3) is 0 Å². The van der Waals surface area contributed by atoms with E-state index < -0.39 is 14.6 Å². The summed E-state index contributed by atoms with van der Waals surface area (Å²) in [6, 6.07) is 0. The van der Waals surface area contributed by atoms with Crippen LogP contribution in [-0.4, -0.2) is 75.6 Å². The molecule has 6 nitrogen and oxygen atoms in total. The van der Waals surface area contributed by atoms with E-state index in [4.69, 9.17) is 30.1 Å². The Bertz CT molecular complexity index is 373. The maximum atomic E-state index is 7.17. The highest BCUT2D eigenvalue weighted by atomic mass is 31.1. The second-order valence-corrected chi connectivity index (χ2v) is 15.5. The lowest BCUT2D eigenvalue weighted by Crippen LogP contribution is -2.07. The molecule has 0 amide bonds. The van der Waals surface area contributed by atoms with Gasteiger partial charge in [0.2, 0.25) is 0 Å². The lowest BCUT2D eigenvalue weighted by Gasteiger charge is -2.18. The molecule has 256 valence electrons. The molecule has 0 bridgehead atoms. The van der Waals surface area contributed by atoms with Crippen LogP contribution in [0.3, 0.4) is 0 Å². The molecular formula is C32H76B2O6P2. The molecule has 0 saturated carbocycles. The van der Waals surface area contributed by atoms with Crippen LogP contribution in [0.4, 0.5) is 0 Å². The predicted octanol–water partition coefficient (Wildman–Crippen LogP) is 8.71. The molecule has 0 aliphatic rings. The quantitative estimate of drug-likeness (QED) is 0.0304. The number of hydrogen-bond acceptors (Lipinski definition) is 6. The molecule has 6 N–H and O–H groups in total. The Morgan fingerprint density at radius 1 is 0.357 bits per heavy atom. The van der Waals surface area contributed by atoms with Crippen molar-refractivity contribution in [2.45, 2.75) is 176 Å². The zero-order chi connectivity index (χ0) is 32.5. The van der Waals surface area contributed by atoms with Crippen molar-refractivity contribution in [1.82, 2.24) is 0 Å². The van der Waals surface area contributed by atoms with Gasteiger partial charge in [-0.3, -0.25) is 0 Å². The fourth-order valence-electron chi connectivity index (χ4n) is 4.41. The molecule has 0 aromatic rings. The largest absolute Gasteiger partial charge is 0.631 e. The lowest BCUT2D eigenvalue weighted by atomic mass is 10.1. The van der Waals surface area contributed by atoms with Gasteiger partial charge in [0.1, 0.15) is 0 Å². The number of rotatable bonds is 27. The van der Waals surface area contributed by atoms with E-state index in [1.54, 1.807) is 18.5 Å². The fraction of sp³-hybridized carbons (Fsp3) is 1.00. The standard InChI is InChI=1S/C24H51P.C8H19P.2BH3O3/c1-4-7-10-13-16-19-22-25(23-20-17-14-11-8-5-2)24-21-18-15-12-9-6-3;1-3-5-7-9-8-6-4-2;2*2-1(3)4/h4-24H2,1-3H3;9H,3-8H2,1-2H3;2*2-4H. The van der Waals surface area contributed by atoms with Crippen LogP contribution >= 0.6 is 16.5 Å². The molecule has 0 unspecified atom stereocenters. The molecule has 0 fully saturated rings. The van der Waals surface area contributed by atoms with Crippen molar-refractivity contribution in [3.05, 3.63) is 0 Å². The number of hydrogen-bond donors (Lipinski definition) is 6. The average molecular weight is 641 g/mol. The maximum Gasteiger partial charge on any atom is 0.631 e. The Morgan fingerprint density at radius 2 is 0.571 bits per heavy atom. The van der Waals surface area contributed by atoms with E-state index >= 15 is 0 Å². The summed E-state index contributed by atoms with van der Waals surface area (Å²) in [5, 5.41) is 43.0. The third kappa shape index (κ3) is 68.1. The van der Waals surface area contributed by atoms with Gasteiger partial charge < -0.3 is 30.1 Å². The summed E-state index contributed by atoms with van der Waals surface area (Å²) in [6.07, 6.45) is 39.9. The topological polar surface area (TPSA) is 121 Å². The summed E-state index contributed by atoms with van der Waals surface area (Å²) < 4.78 is 0. The van der Waals surface area contributed by atoms with Crippen LogP contribution in [-0.2, 0) is 0 Å². The molecule has 0 aliphatic heterocycles. The van der Waals surface area contributed by atoms with Gasteiger partial charge in [-0.05, 0) is 62.9 Å². The van der Waals surface area contributed by atoms with Crippen molar-refractivity contribution in [2.75, 3.05) is 30.8 Å². The predicted molar refractivity (Wildman–Crippen MR) is 194 cm³/mol. The monoisotopic (exact) mass is 641 g/mol. The summed E-state index contributed by atoms with van der Waals surface area (Å²) in [4.78, 5) is 0. The SMILES string of the molecule is CCCCCCCCP(CCCCCCCC)CCCCCCCC.CCCCPCCCC.OB(O)O.OB(O)O. The van der Waals surface area contributed by atoms with Crippen molar-refractivity contribution in [3.8, 4) is 0 Å². The van der Waals surface area contributed by atoms with Gasteiger partial charge in [-0.1, -0.05) is 144 Å². The molecule has 0 atom stereocenters. The van der Waals surface area contributed by atoms with Gasteiger partial charge in [-0.25, -0.2) is 0 Å². The molecule has 0 aromatic carbocycles. The first-order valence-electron chi connectivity index (χ1n) is 17.7. The zero-order valence-electron chi connectivity index (χ0n) is 28.9. The van der Waals surface area contributed by atoms with Crippen LogP contribution in [0.15, 0.2) is 0 Å². The average Bonchev–Trinajstić information content (AvgIpc) is 2.93. The van der Waals surface area contributed by atoms with Crippen molar-refractivity contribution >= 4 is 31.1 Å². The maximum absolute atomic E-state index is 7.17. The Labute approximate surface area is 267 Å². The molecule has 0 saturated heterocycles. The fourth-order valence-corrected chi connectivity index (χ4v) is 8.55. The van der Waals surface area contributed by atoms with E-state index in [-0.39, 0.29) is 0 Å². The van der Waals surface area contributed by atoms with Crippen LogP contribution in [0.1, 0.15) is 176 Å². The second-order valence-electron chi connectivity index (χ2n) is 11.3. The van der Waals surface area contributed by atoms with Gasteiger partial charge in [0, 0.05) is 0 Å². The smallest absolute Gasteiger partial charge is 0.402 e. The van der Waals surface area contributed by atoms with Crippen LogP contribution < -0.4 is 0 Å². The van der Waals surface area contributed by atoms with Gasteiger partial charge in [0.15, 0.2) is 0 Å². The van der Waals surface area contributed by atoms with E-state index in [0.717, 1.165) is 0 Å². The molecule has 0 radical (unpaired) electrons. The molecule has 42 heavy (non-hydrogen) atoms. The van der Waals surface area contributed by atoms with Crippen molar-refractivity contribution in [2.24, 2.45) is 0 Å². The van der Waals surface area contributed by atoms with Crippen LogP contribution in [0.5, 0.6) is 0 Å². The number of unbranched alkanes of at least 4 members (excludes halogenated alkanes) is 17. The Balaban J connectivity index is -0.000000344. The summed E-state index contributed by atoms with van der Waals surface area (Å²) in [6.45, 7) is 11.5. The normalized spacial score (nSPS) is 10.3. The van der Waals surface area contributed by atoms with Gasteiger partial charge in [-0.2, -0.15) is 0 Å².